The summed E-state index contributed by atoms with van der Waals surface area (Å²) in [6.45, 7) is 3.12. The van der Waals surface area contributed by atoms with Crippen molar-refractivity contribution in [3.63, 3.8) is 0 Å². The molecule has 2 fully saturated rings. The Morgan fingerprint density at radius 3 is 2.52 bits per heavy atom. The van der Waals surface area contributed by atoms with Crippen LogP contribution in [0.3, 0.4) is 0 Å². The third-order valence-corrected chi connectivity index (χ3v) is 4.31. The summed E-state index contributed by atoms with van der Waals surface area (Å²) in [7, 11) is 2.00. The molecular formula is C12H18F3N5O. The molecule has 0 amide bonds. The molecular weight excluding hydrogens is 287 g/mol. The predicted octanol–water partition coefficient (Wildman–Crippen LogP) is 0.615. The normalized spacial score (nSPS) is 28.3. The molecule has 118 valence electrons. The molecule has 0 bridgehead atoms. The third kappa shape index (κ3) is 2.48. The van der Waals surface area contributed by atoms with E-state index in [9.17, 15) is 13.2 Å². The lowest BCUT2D eigenvalue weighted by molar-refractivity contribution is -0.191. The number of likely N-dealkylation sites (N-methyl/N-ethyl adjacent to an activating group) is 1. The number of anilines is 1. The molecule has 0 saturated carbocycles. The van der Waals surface area contributed by atoms with Crippen LogP contribution in [-0.4, -0.2) is 67.5 Å². The van der Waals surface area contributed by atoms with E-state index in [-0.39, 0.29) is 24.8 Å². The van der Waals surface area contributed by atoms with Crippen molar-refractivity contribution in [2.45, 2.75) is 18.0 Å². The highest BCUT2D eigenvalue weighted by molar-refractivity contribution is 5.30. The number of aromatic nitrogens is 2. The molecule has 6 nitrogen and oxygen atoms in total. The summed E-state index contributed by atoms with van der Waals surface area (Å²) in [6, 6.07) is 0. The largest absolute Gasteiger partial charge is 0.404 e. The molecule has 1 N–H and O–H groups in total. The first-order chi connectivity index (χ1) is 9.92. The van der Waals surface area contributed by atoms with Crippen molar-refractivity contribution in [1.82, 2.24) is 20.4 Å². The van der Waals surface area contributed by atoms with Gasteiger partial charge in [0, 0.05) is 32.7 Å². The molecule has 1 unspecified atom stereocenters. The lowest BCUT2D eigenvalue weighted by Crippen LogP contribution is -2.46. The van der Waals surface area contributed by atoms with Crippen molar-refractivity contribution >= 4 is 5.95 Å². The molecule has 9 heteroatoms. The van der Waals surface area contributed by atoms with E-state index in [4.69, 9.17) is 4.52 Å². The zero-order chi connectivity index (χ0) is 15.1. The zero-order valence-electron chi connectivity index (χ0n) is 11.8. The molecule has 0 aliphatic carbocycles. The van der Waals surface area contributed by atoms with Crippen molar-refractivity contribution in [3.05, 3.63) is 5.89 Å². The van der Waals surface area contributed by atoms with E-state index in [1.165, 1.54) is 0 Å². The van der Waals surface area contributed by atoms with Crippen LogP contribution in [0, 0.1) is 0 Å². The van der Waals surface area contributed by atoms with E-state index in [0.717, 1.165) is 13.1 Å². The Bertz CT molecular complexity index is 489. The van der Waals surface area contributed by atoms with Gasteiger partial charge >= 0.3 is 6.18 Å². The van der Waals surface area contributed by atoms with Gasteiger partial charge in [0.2, 0.25) is 5.89 Å². The molecule has 3 rings (SSSR count). The van der Waals surface area contributed by atoms with Gasteiger partial charge < -0.3 is 19.6 Å². The maximum Gasteiger partial charge on any atom is 0.404 e. The van der Waals surface area contributed by atoms with Crippen molar-refractivity contribution < 1.29 is 17.7 Å². The van der Waals surface area contributed by atoms with Gasteiger partial charge in [0.05, 0.1) is 0 Å². The van der Waals surface area contributed by atoms with Gasteiger partial charge in [0.25, 0.3) is 5.95 Å². The smallest absolute Gasteiger partial charge is 0.336 e. The molecule has 2 aliphatic heterocycles. The minimum atomic E-state index is -4.40. The van der Waals surface area contributed by atoms with E-state index in [0.29, 0.717) is 19.6 Å². The monoisotopic (exact) mass is 305 g/mol. The fraction of sp³-hybridized carbons (Fsp3) is 0.833. The predicted molar refractivity (Wildman–Crippen MR) is 69.2 cm³/mol. The highest BCUT2D eigenvalue weighted by Gasteiger charge is 2.61. The second kappa shape index (κ2) is 5.13. The summed E-state index contributed by atoms with van der Waals surface area (Å²) < 4.78 is 45.2. The quantitative estimate of drug-likeness (QED) is 0.864. The maximum absolute atomic E-state index is 13.4. The first-order valence-corrected chi connectivity index (χ1v) is 6.97. The molecule has 1 atom stereocenters. The van der Waals surface area contributed by atoms with E-state index < -0.39 is 11.6 Å². The molecule has 0 aromatic carbocycles. The number of rotatable bonds is 2. The summed E-state index contributed by atoms with van der Waals surface area (Å²) >= 11 is 0. The summed E-state index contributed by atoms with van der Waals surface area (Å²) in [6.07, 6.45) is -4.47. The average Bonchev–Trinajstić information content (AvgIpc) is 3.08. The lowest BCUT2D eigenvalue weighted by atomic mass is 9.86. The Morgan fingerprint density at radius 1 is 1.24 bits per heavy atom. The molecule has 0 spiro atoms. The van der Waals surface area contributed by atoms with Gasteiger partial charge in [-0.15, -0.1) is 0 Å². The number of hydrogen-bond donors (Lipinski definition) is 1. The van der Waals surface area contributed by atoms with E-state index in [2.05, 4.69) is 20.4 Å². The Hall–Kier alpha value is -1.35. The minimum absolute atomic E-state index is 0.0686. The molecule has 2 aliphatic rings. The standard InChI is InChI=1S/C12H18F3N5O/c1-19-4-6-20(7-5-19)10-17-9(21-18-10)11(12(13,14)15)2-3-16-8-11/h16H,2-8H2,1H3. The zero-order valence-corrected chi connectivity index (χ0v) is 11.8. The second-order valence-corrected chi connectivity index (χ2v) is 5.70. The highest BCUT2D eigenvalue weighted by atomic mass is 19.4. The number of hydrogen-bond acceptors (Lipinski definition) is 6. The average molecular weight is 305 g/mol. The van der Waals surface area contributed by atoms with Crippen LogP contribution in [0.15, 0.2) is 4.52 Å². The highest BCUT2D eigenvalue weighted by Crippen LogP contribution is 2.45. The van der Waals surface area contributed by atoms with Crippen molar-refractivity contribution in [2.75, 3.05) is 51.2 Å². The lowest BCUT2D eigenvalue weighted by Gasteiger charge is -2.31. The van der Waals surface area contributed by atoms with Gasteiger partial charge in [0.1, 0.15) is 0 Å². The third-order valence-electron chi connectivity index (χ3n) is 4.31. The summed E-state index contributed by atoms with van der Waals surface area (Å²) in [5, 5.41) is 6.51. The van der Waals surface area contributed by atoms with Crippen LogP contribution < -0.4 is 10.2 Å². The van der Waals surface area contributed by atoms with Gasteiger partial charge in [-0.05, 0) is 25.2 Å². The number of nitrogens with zero attached hydrogens (tertiary/aromatic N) is 4. The molecule has 1 aromatic rings. The van der Waals surface area contributed by atoms with Gasteiger partial charge in [-0.3, -0.25) is 0 Å². The van der Waals surface area contributed by atoms with Crippen molar-refractivity contribution in [2.24, 2.45) is 0 Å². The van der Waals surface area contributed by atoms with Gasteiger partial charge in [-0.1, -0.05) is 0 Å². The van der Waals surface area contributed by atoms with Crippen LogP contribution in [0.4, 0.5) is 19.1 Å². The molecule has 2 saturated heterocycles. The summed E-state index contributed by atoms with van der Waals surface area (Å²) in [4.78, 5) is 8.06. The SMILES string of the molecule is CN1CCN(c2noc(C3(C(F)(F)F)CCNC3)n2)CC1. The fourth-order valence-electron chi connectivity index (χ4n) is 2.78. The molecule has 0 radical (unpaired) electrons. The van der Waals surface area contributed by atoms with E-state index >= 15 is 0 Å². The number of alkyl halides is 3. The number of nitrogens with one attached hydrogen (secondary N) is 1. The first kappa shape index (κ1) is 14.6. The number of halogens is 3. The summed E-state index contributed by atoms with van der Waals surface area (Å²) in [5.41, 5.74) is -2.05. The molecule has 1 aromatic heterocycles. The van der Waals surface area contributed by atoms with Crippen LogP contribution >= 0.6 is 0 Å². The Kier molecular flexibility index (Phi) is 3.56. The van der Waals surface area contributed by atoms with E-state index in [1.807, 2.05) is 11.9 Å². The summed E-state index contributed by atoms with van der Waals surface area (Å²) in [5.74, 6) is -0.0671. The van der Waals surface area contributed by atoms with Crippen LogP contribution in [0.2, 0.25) is 0 Å². The number of piperazine rings is 1. The fourth-order valence-corrected chi connectivity index (χ4v) is 2.78. The molecule has 3 heterocycles. The van der Waals surface area contributed by atoms with Crippen molar-refractivity contribution in [1.29, 1.82) is 0 Å². The van der Waals surface area contributed by atoms with Crippen LogP contribution in [0.5, 0.6) is 0 Å². The van der Waals surface area contributed by atoms with Gasteiger partial charge in [-0.25, -0.2) is 0 Å². The van der Waals surface area contributed by atoms with Crippen LogP contribution in [-0.2, 0) is 5.41 Å². The first-order valence-electron chi connectivity index (χ1n) is 6.97. The van der Waals surface area contributed by atoms with Crippen LogP contribution in [0.25, 0.3) is 0 Å². The topological polar surface area (TPSA) is 57.4 Å². The Morgan fingerprint density at radius 2 is 1.95 bits per heavy atom. The van der Waals surface area contributed by atoms with Crippen LogP contribution in [0.1, 0.15) is 12.3 Å². The van der Waals surface area contributed by atoms with E-state index in [1.54, 1.807) is 0 Å². The Balaban J connectivity index is 1.83. The minimum Gasteiger partial charge on any atom is -0.336 e. The van der Waals surface area contributed by atoms with Gasteiger partial charge in [-0.2, -0.15) is 18.2 Å². The second-order valence-electron chi connectivity index (χ2n) is 5.70. The maximum atomic E-state index is 13.4. The molecule has 21 heavy (non-hydrogen) atoms. The van der Waals surface area contributed by atoms with Gasteiger partial charge in [0.15, 0.2) is 5.41 Å². The Labute approximate surface area is 120 Å². The van der Waals surface area contributed by atoms with Crippen molar-refractivity contribution in [3.8, 4) is 0 Å².